The average molecular weight is 231 g/mol. The Kier molecular flexibility index (Phi) is 2.04. The Labute approximate surface area is 96.0 Å². The summed E-state index contributed by atoms with van der Waals surface area (Å²) in [6, 6.07) is 4.00. The molecule has 3 heterocycles. The molecule has 17 heavy (non-hydrogen) atoms. The lowest BCUT2D eigenvalue weighted by atomic mass is 10.2. The summed E-state index contributed by atoms with van der Waals surface area (Å²) in [6.45, 7) is 0.534. The van der Waals surface area contributed by atoms with E-state index in [1.807, 2.05) is 12.1 Å². The van der Waals surface area contributed by atoms with Crippen LogP contribution < -0.4 is 10.7 Å². The standard InChI is InChI=1S/C10H9N5O2/c1-14-10(16)17-9(13-14)15-5-7-3-2-4-11-8(7)12-6-15/h2-4,6H,5H2,1H3. The molecule has 0 aromatic carbocycles. The molecule has 7 heteroatoms. The molecule has 7 nitrogen and oxygen atoms in total. The predicted molar refractivity (Wildman–Crippen MR) is 60.3 cm³/mol. The Morgan fingerprint density at radius 3 is 3.12 bits per heavy atom. The number of fused-ring (bicyclic) bond motifs is 1. The van der Waals surface area contributed by atoms with E-state index in [4.69, 9.17) is 4.42 Å². The van der Waals surface area contributed by atoms with Crippen LogP contribution >= 0.6 is 0 Å². The quantitative estimate of drug-likeness (QED) is 0.712. The number of aliphatic imine (C=N–C) groups is 1. The van der Waals surface area contributed by atoms with Gasteiger partial charge in [-0.2, -0.15) is 4.68 Å². The van der Waals surface area contributed by atoms with Crippen LogP contribution in [0.2, 0.25) is 0 Å². The third kappa shape index (κ3) is 1.61. The highest BCUT2D eigenvalue weighted by Crippen LogP contribution is 2.22. The fourth-order valence-electron chi connectivity index (χ4n) is 1.59. The zero-order chi connectivity index (χ0) is 11.8. The maximum atomic E-state index is 11.2. The molecule has 0 amide bonds. The summed E-state index contributed by atoms with van der Waals surface area (Å²) in [4.78, 5) is 21.1. The molecule has 0 spiro atoms. The van der Waals surface area contributed by atoms with Gasteiger partial charge < -0.3 is 4.42 Å². The Morgan fingerprint density at radius 1 is 1.47 bits per heavy atom. The van der Waals surface area contributed by atoms with Crippen LogP contribution in [-0.4, -0.2) is 21.1 Å². The van der Waals surface area contributed by atoms with Crippen molar-refractivity contribution in [3.63, 3.8) is 0 Å². The van der Waals surface area contributed by atoms with Gasteiger partial charge in [0.25, 0.3) is 0 Å². The van der Waals surface area contributed by atoms with Gasteiger partial charge in [-0.3, -0.25) is 4.90 Å². The number of hydrogen-bond donors (Lipinski definition) is 0. The van der Waals surface area contributed by atoms with Crippen LogP contribution in [0.25, 0.3) is 0 Å². The first-order valence-electron chi connectivity index (χ1n) is 5.03. The molecule has 0 radical (unpaired) electrons. The number of aromatic nitrogens is 3. The Balaban J connectivity index is 1.97. The van der Waals surface area contributed by atoms with Gasteiger partial charge >= 0.3 is 11.8 Å². The molecule has 2 aromatic rings. The first kappa shape index (κ1) is 9.76. The highest BCUT2D eigenvalue weighted by molar-refractivity contribution is 5.80. The van der Waals surface area contributed by atoms with Gasteiger partial charge in [0.1, 0.15) is 6.34 Å². The van der Waals surface area contributed by atoms with Crippen molar-refractivity contribution >= 4 is 18.2 Å². The van der Waals surface area contributed by atoms with Gasteiger partial charge in [0.2, 0.25) is 0 Å². The van der Waals surface area contributed by atoms with Crippen LogP contribution in [-0.2, 0) is 13.6 Å². The van der Waals surface area contributed by atoms with Gasteiger partial charge in [-0.25, -0.2) is 14.8 Å². The van der Waals surface area contributed by atoms with Crippen molar-refractivity contribution in [3.05, 3.63) is 34.4 Å². The Hall–Kier alpha value is -2.44. The molecular weight excluding hydrogens is 222 g/mol. The number of hydrogen-bond acceptors (Lipinski definition) is 6. The van der Waals surface area contributed by atoms with E-state index in [0.717, 1.165) is 10.2 Å². The summed E-state index contributed by atoms with van der Waals surface area (Å²) in [5.41, 5.74) is 0.961. The van der Waals surface area contributed by atoms with E-state index < -0.39 is 5.76 Å². The number of pyridine rings is 1. The van der Waals surface area contributed by atoms with Crippen LogP contribution in [0, 0.1) is 0 Å². The number of anilines is 1. The second-order valence-corrected chi connectivity index (χ2v) is 3.63. The monoisotopic (exact) mass is 231 g/mol. The number of nitrogens with zero attached hydrogens (tertiary/aromatic N) is 5. The fraction of sp³-hybridized carbons (Fsp3) is 0.200. The SMILES string of the molecule is Cn1nc(N2C=Nc3ncccc3C2)oc1=O. The summed E-state index contributed by atoms with van der Waals surface area (Å²) in [5.74, 6) is 0.187. The first-order chi connectivity index (χ1) is 8.24. The molecule has 0 unspecified atom stereocenters. The zero-order valence-electron chi connectivity index (χ0n) is 9.07. The van der Waals surface area contributed by atoms with E-state index in [0.29, 0.717) is 12.4 Å². The smallest absolute Gasteiger partial charge is 0.373 e. The van der Waals surface area contributed by atoms with E-state index in [1.165, 1.54) is 7.05 Å². The lowest BCUT2D eigenvalue weighted by Gasteiger charge is -2.19. The van der Waals surface area contributed by atoms with Crippen LogP contribution in [0.15, 0.2) is 32.5 Å². The lowest BCUT2D eigenvalue weighted by Crippen LogP contribution is -2.24. The maximum absolute atomic E-state index is 11.2. The third-order valence-electron chi connectivity index (χ3n) is 2.45. The summed E-state index contributed by atoms with van der Waals surface area (Å²) >= 11 is 0. The normalized spacial score (nSPS) is 13.8. The largest absolute Gasteiger partial charge is 0.438 e. The van der Waals surface area contributed by atoms with Crippen molar-refractivity contribution in [1.82, 2.24) is 14.8 Å². The predicted octanol–water partition coefficient (Wildman–Crippen LogP) is 0.448. The molecule has 0 fully saturated rings. The van der Waals surface area contributed by atoms with Crippen LogP contribution in [0.3, 0.4) is 0 Å². The topological polar surface area (TPSA) is 76.5 Å². The Bertz CT molecular complexity index is 642. The minimum Gasteiger partial charge on any atom is -0.373 e. The van der Waals surface area contributed by atoms with Crippen LogP contribution in [0.4, 0.5) is 11.8 Å². The molecular formula is C10H9N5O2. The molecule has 1 aliphatic rings. The van der Waals surface area contributed by atoms with Crippen molar-refractivity contribution in [2.45, 2.75) is 6.54 Å². The molecule has 0 atom stereocenters. The van der Waals surface area contributed by atoms with Crippen molar-refractivity contribution in [1.29, 1.82) is 0 Å². The molecule has 1 aliphatic heterocycles. The summed E-state index contributed by atoms with van der Waals surface area (Å²) < 4.78 is 6.12. The van der Waals surface area contributed by atoms with Crippen molar-refractivity contribution < 1.29 is 4.42 Å². The zero-order valence-corrected chi connectivity index (χ0v) is 9.07. The Morgan fingerprint density at radius 2 is 2.35 bits per heavy atom. The summed E-state index contributed by atoms with van der Waals surface area (Å²) in [7, 11) is 1.53. The molecule has 3 rings (SSSR count). The van der Waals surface area contributed by atoms with Gasteiger partial charge in [0.05, 0.1) is 6.54 Å². The third-order valence-corrected chi connectivity index (χ3v) is 2.45. The second-order valence-electron chi connectivity index (χ2n) is 3.63. The molecule has 2 aromatic heterocycles. The lowest BCUT2D eigenvalue weighted by molar-refractivity contribution is 0.496. The molecule has 0 N–H and O–H groups in total. The van der Waals surface area contributed by atoms with E-state index in [2.05, 4.69) is 15.1 Å². The van der Waals surface area contributed by atoms with Crippen LogP contribution in [0.1, 0.15) is 5.56 Å². The van der Waals surface area contributed by atoms with Crippen LogP contribution in [0.5, 0.6) is 0 Å². The highest BCUT2D eigenvalue weighted by Gasteiger charge is 2.18. The highest BCUT2D eigenvalue weighted by atomic mass is 16.4. The van der Waals surface area contributed by atoms with Crippen molar-refractivity contribution in [3.8, 4) is 0 Å². The van der Waals surface area contributed by atoms with E-state index in [-0.39, 0.29) is 6.01 Å². The van der Waals surface area contributed by atoms with Gasteiger partial charge in [-0.05, 0) is 6.07 Å². The molecule has 0 saturated carbocycles. The molecule has 0 aliphatic carbocycles. The minimum atomic E-state index is -0.495. The molecule has 0 saturated heterocycles. The van der Waals surface area contributed by atoms with Gasteiger partial charge in [0.15, 0.2) is 5.82 Å². The van der Waals surface area contributed by atoms with E-state index >= 15 is 0 Å². The van der Waals surface area contributed by atoms with Gasteiger partial charge in [-0.15, -0.1) is 5.10 Å². The molecule has 0 bridgehead atoms. The maximum Gasteiger partial charge on any atom is 0.438 e. The van der Waals surface area contributed by atoms with E-state index in [1.54, 1.807) is 17.4 Å². The van der Waals surface area contributed by atoms with Crippen molar-refractivity contribution in [2.75, 3.05) is 4.90 Å². The minimum absolute atomic E-state index is 0.232. The fourth-order valence-corrected chi connectivity index (χ4v) is 1.59. The summed E-state index contributed by atoms with van der Waals surface area (Å²) in [6.07, 6.45) is 3.24. The summed E-state index contributed by atoms with van der Waals surface area (Å²) in [5, 5.41) is 3.96. The average Bonchev–Trinajstić information content (AvgIpc) is 2.69. The van der Waals surface area contributed by atoms with Gasteiger partial charge in [-0.1, -0.05) is 6.07 Å². The number of rotatable bonds is 1. The van der Waals surface area contributed by atoms with Crippen molar-refractivity contribution in [2.24, 2.45) is 12.0 Å². The van der Waals surface area contributed by atoms with Gasteiger partial charge in [0, 0.05) is 18.8 Å². The molecule has 86 valence electrons. The second kappa shape index (κ2) is 3.55. The van der Waals surface area contributed by atoms with E-state index in [9.17, 15) is 4.79 Å². The number of aryl methyl sites for hydroxylation is 1. The first-order valence-corrected chi connectivity index (χ1v) is 5.03.